The molecule has 0 spiro atoms. The number of carbonyl (C=O) groups is 3. The van der Waals surface area contributed by atoms with Crippen LogP contribution in [0.4, 0.5) is 0 Å². The number of hydrogen-bond donors (Lipinski definition) is 3. The summed E-state index contributed by atoms with van der Waals surface area (Å²) in [4.78, 5) is 33.1. The largest absolute Gasteiger partial charge is 0.481 e. The molecule has 0 rings (SSSR count). The van der Waals surface area contributed by atoms with Crippen molar-refractivity contribution >= 4 is 17.9 Å². The van der Waals surface area contributed by atoms with Crippen molar-refractivity contribution in [2.45, 2.75) is 187 Å². The Kier molecular flexibility index (Phi) is 30.7. The molecule has 0 saturated carbocycles. The van der Waals surface area contributed by atoms with Crippen molar-refractivity contribution in [3.05, 3.63) is 12.2 Å². The molecule has 0 aliphatic rings. The third-order valence-corrected chi connectivity index (χ3v) is 9.21. The fourth-order valence-electron chi connectivity index (χ4n) is 6.42. The normalized spacial score (nSPS) is 11.8. The third-order valence-electron chi connectivity index (χ3n) is 9.21. The van der Waals surface area contributed by atoms with Gasteiger partial charge in [-0.1, -0.05) is 109 Å². The van der Waals surface area contributed by atoms with Crippen molar-refractivity contribution in [2.24, 2.45) is 0 Å². The molecule has 45 heavy (non-hydrogen) atoms. The number of rotatable bonds is 36. The first-order valence-electron chi connectivity index (χ1n) is 19.0. The predicted molar refractivity (Wildman–Crippen MR) is 187 cm³/mol. The number of carboxylic acids is 3. The van der Waals surface area contributed by atoms with Crippen molar-refractivity contribution in [1.82, 2.24) is 0 Å². The number of quaternary nitrogens is 1. The number of unbranched alkanes of at least 4 members (excludes halogenated alkanes) is 20. The molecular formula is C38H72NO6+. The molecule has 0 heterocycles. The van der Waals surface area contributed by atoms with Gasteiger partial charge in [-0.3, -0.25) is 14.4 Å². The van der Waals surface area contributed by atoms with E-state index in [1.165, 1.54) is 96.3 Å². The number of nitrogens with zero attached hydrogens (tertiary/aromatic N) is 1. The molecule has 0 radical (unpaired) electrons. The Morgan fingerprint density at radius 1 is 0.400 bits per heavy atom. The fourth-order valence-corrected chi connectivity index (χ4v) is 6.42. The standard InChI is InChI=1S/C38H71NO6/c1-2-3-4-5-6-7-8-9-10-11-12-13-14-15-16-17-18-19-20-21-25-32-39(33-26-22-29-36(40)41,34-27-23-30-37(42)43)35-28-24-31-38(44)45/h18-19H,2-17,20-35H2,1H3,(H2-,40,41,42,43,44,45)/p+1/b19-18+. The Balaban J connectivity index is 4.25. The van der Waals surface area contributed by atoms with Gasteiger partial charge < -0.3 is 19.8 Å². The van der Waals surface area contributed by atoms with Crippen molar-refractivity contribution in [1.29, 1.82) is 0 Å². The van der Waals surface area contributed by atoms with Crippen LogP contribution in [0, 0.1) is 0 Å². The van der Waals surface area contributed by atoms with Gasteiger partial charge in [-0.05, 0) is 70.6 Å². The minimum atomic E-state index is -0.771. The molecule has 7 nitrogen and oxygen atoms in total. The van der Waals surface area contributed by atoms with Crippen LogP contribution in [0.25, 0.3) is 0 Å². The van der Waals surface area contributed by atoms with E-state index in [9.17, 15) is 14.4 Å². The fraction of sp³-hybridized carbons (Fsp3) is 0.868. The van der Waals surface area contributed by atoms with Crippen LogP contribution < -0.4 is 0 Å². The predicted octanol–water partition coefficient (Wildman–Crippen LogP) is 10.6. The molecule has 0 amide bonds. The summed E-state index contributed by atoms with van der Waals surface area (Å²) in [5.41, 5.74) is 0. The monoisotopic (exact) mass is 639 g/mol. The molecule has 3 N–H and O–H groups in total. The zero-order chi connectivity index (χ0) is 33.3. The van der Waals surface area contributed by atoms with Gasteiger partial charge in [-0.15, -0.1) is 0 Å². The minimum Gasteiger partial charge on any atom is -0.481 e. The smallest absolute Gasteiger partial charge is 0.303 e. The molecule has 7 heteroatoms. The van der Waals surface area contributed by atoms with Gasteiger partial charge in [0, 0.05) is 19.3 Å². The maximum absolute atomic E-state index is 11.0. The molecule has 0 fully saturated rings. The van der Waals surface area contributed by atoms with Crippen LogP contribution in [0.5, 0.6) is 0 Å². The molecule has 0 aliphatic carbocycles. The summed E-state index contributed by atoms with van der Waals surface area (Å²) >= 11 is 0. The number of hydrogen-bond acceptors (Lipinski definition) is 3. The van der Waals surface area contributed by atoms with E-state index in [0.29, 0.717) is 19.3 Å². The summed E-state index contributed by atoms with van der Waals surface area (Å²) in [6.45, 7) is 5.90. The second kappa shape index (κ2) is 32.1. The van der Waals surface area contributed by atoms with E-state index in [1.807, 2.05) is 0 Å². The Hall–Kier alpha value is -1.89. The van der Waals surface area contributed by atoms with Crippen LogP contribution in [0.15, 0.2) is 12.2 Å². The Morgan fingerprint density at radius 3 is 0.978 bits per heavy atom. The van der Waals surface area contributed by atoms with Gasteiger partial charge >= 0.3 is 17.9 Å². The second-order valence-electron chi connectivity index (χ2n) is 13.5. The minimum absolute atomic E-state index is 0.169. The Bertz CT molecular complexity index is 683. The van der Waals surface area contributed by atoms with E-state index in [2.05, 4.69) is 19.1 Å². The van der Waals surface area contributed by atoms with E-state index >= 15 is 0 Å². The molecule has 0 bridgehead atoms. The lowest BCUT2D eigenvalue weighted by Crippen LogP contribution is -2.51. The maximum atomic E-state index is 11.0. The van der Waals surface area contributed by atoms with E-state index in [4.69, 9.17) is 15.3 Å². The van der Waals surface area contributed by atoms with Crippen molar-refractivity contribution in [2.75, 3.05) is 26.2 Å². The van der Waals surface area contributed by atoms with Gasteiger partial charge in [0.05, 0.1) is 26.2 Å². The van der Waals surface area contributed by atoms with E-state index in [0.717, 1.165) is 75.6 Å². The highest BCUT2D eigenvalue weighted by Crippen LogP contribution is 2.19. The van der Waals surface area contributed by atoms with Gasteiger partial charge in [-0.25, -0.2) is 0 Å². The van der Waals surface area contributed by atoms with Gasteiger partial charge in [0.15, 0.2) is 0 Å². The summed E-state index contributed by atoms with van der Waals surface area (Å²) < 4.78 is 0.849. The highest BCUT2D eigenvalue weighted by Gasteiger charge is 2.26. The van der Waals surface area contributed by atoms with E-state index in [-0.39, 0.29) is 19.3 Å². The molecule has 0 saturated heterocycles. The lowest BCUT2D eigenvalue weighted by atomic mass is 10.0. The molecule has 0 aromatic rings. The summed E-state index contributed by atoms with van der Waals surface area (Å²) in [6, 6.07) is 0. The van der Waals surface area contributed by atoms with Crippen LogP contribution >= 0.6 is 0 Å². The van der Waals surface area contributed by atoms with Gasteiger partial charge in [0.2, 0.25) is 0 Å². The van der Waals surface area contributed by atoms with Crippen LogP contribution in [-0.4, -0.2) is 63.9 Å². The first kappa shape index (κ1) is 43.1. The van der Waals surface area contributed by atoms with Crippen LogP contribution in [-0.2, 0) is 14.4 Å². The number of carboxylic acid groups (broad SMARTS) is 3. The first-order valence-corrected chi connectivity index (χ1v) is 19.0. The third kappa shape index (κ3) is 31.9. The summed E-state index contributed by atoms with van der Waals surface area (Å²) in [6.07, 6.45) is 34.8. The van der Waals surface area contributed by atoms with E-state index in [1.54, 1.807) is 0 Å². The molecule has 264 valence electrons. The molecule has 0 atom stereocenters. The molecule has 0 unspecified atom stereocenters. The highest BCUT2D eigenvalue weighted by molar-refractivity contribution is 5.67. The molecule has 0 aromatic carbocycles. The summed E-state index contributed by atoms with van der Waals surface area (Å²) in [5, 5.41) is 27.2. The number of aliphatic carboxylic acids is 3. The van der Waals surface area contributed by atoms with Crippen LogP contribution in [0.3, 0.4) is 0 Å². The first-order chi connectivity index (χ1) is 21.8. The molecule has 0 aliphatic heterocycles. The van der Waals surface area contributed by atoms with E-state index < -0.39 is 17.9 Å². The van der Waals surface area contributed by atoms with Crippen molar-refractivity contribution in [3.63, 3.8) is 0 Å². The summed E-state index contributed by atoms with van der Waals surface area (Å²) in [5.74, 6) is -2.31. The number of allylic oxidation sites excluding steroid dienone is 2. The van der Waals surface area contributed by atoms with Crippen molar-refractivity contribution in [3.8, 4) is 0 Å². The van der Waals surface area contributed by atoms with Crippen LogP contribution in [0.1, 0.15) is 187 Å². The topological polar surface area (TPSA) is 112 Å². The average molecular weight is 639 g/mol. The van der Waals surface area contributed by atoms with Crippen molar-refractivity contribution < 1.29 is 34.2 Å². The quantitative estimate of drug-likeness (QED) is 0.0358. The second-order valence-corrected chi connectivity index (χ2v) is 13.5. The molecular weight excluding hydrogens is 566 g/mol. The average Bonchev–Trinajstić information content (AvgIpc) is 3.00. The highest BCUT2D eigenvalue weighted by atomic mass is 16.4. The van der Waals surface area contributed by atoms with Gasteiger partial charge in [0.25, 0.3) is 0 Å². The Labute approximate surface area is 276 Å². The zero-order valence-electron chi connectivity index (χ0n) is 29.3. The molecule has 0 aromatic heterocycles. The van der Waals surface area contributed by atoms with Crippen LogP contribution in [0.2, 0.25) is 0 Å². The zero-order valence-corrected chi connectivity index (χ0v) is 29.3. The summed E-state index contributed by atoms with van der Waals surface area (Å²) in [7, 11) is 0. The maximum Gasteiger partial charge on any atom is 0.303 e. The lowest BCUT2D eigenvalue weighted by molar-refractivity contribution is -0.929. The van der Waals surface area contributed by atoms with Gasteiger partial charge in [0.1, 0.15) is 0 Å². The Morgan fingerprint density at radius 2 is 0.667 bits per heavy atom. The lowest BCUT2D eigenvalue weighted by Gasteiger charge is -2.39. The van der Waals surface area contributed by atoms with Gasteiger partial charge in [-0.2, -0.15) is 0 Å². The SMILES string of the molecule is CCCCCCCCCCCCCCCCC/C=C/CCCC[N+](CCCCC(=O)O)(CCCCC(=O)O)CCCCC(=O)O.